The van der Waals surface area contributed by atoms with E-state index in [2.05, 4.69) is 46.6 Å². The molecule has 1 atom stereocenters. The zero-order valence-electron chi connectivity index (χ0n) is 11.1. The average Bonchev–Trinajstić information content (AvgIpc) is 2.80. The highest BCUT2D eigenvalue weighted by Gasteiger charge is 2.14. The molecule has 0 aromatic carbocycles. The van der Waals surface area contributed by atoms with Crippen molar-refractivity contribution in [3.8, 4) is 0 Å². The lowest BCUT2D eigenvalue weighted by Gasteiger charge is -2.20. The molecule has 2 rings (SSSR count). The Balaban J connectivity index is 2.15. The van der Waals surface area contributed by atoms with Gasteiger partial charge in [-0.2, -0.15) is 0 Å². The Morgan fingerprint density at radius 2 is 2.17 bits per heavy atom. The van der Waals surface area contributed by atoms with Crippen molar-refractivity contribution < 1.29 is 0 Å². The summed E-state index contributed by atoms with van der Waals surface area (Å²) in [7, 11) is 0. The highest BCUT2D eigenvalue weighted by molar-refractivity contribution is 7.10. The Morgan fingerprint density at radius 1 is 1.33 bits per heavy atom. The highest BCUT2D eigenvalue weighted by Crippen LogP contribution is 2.28. The zero-order chi connectivity index (χ0) is 13.0. The zero-order valence-corrected chi connectivity index (χ0v) is 11.9. The quantitative estimate of drug-likeness (QED) is 0.882. The number of hydrogen-bond donors (Lipinski definition) is 1. The molecular formula is C14H19N3S. The predicted molar refractivity (Wildman–Crippen MR) is 76.9 cm³/mol. The molecule has 0 aliphatic heterocycles. The summed E-state index contributed by atoms with van der Waals surface area (Å²) >= 11 is 1.79. The van der Waals surface area contributed by atoms with Crippen molar-refractivity contribution in [2.45, 2.75) is 33.2 Å². The molecule has 2 aromatic heterocycles. The summed E-state index contributed by atoms with van der Waals surface area (Å²) in [5, 5.41) is 5.63. The first-order valence-corrected chi connectivity index (χ1v) is 7.11. The second-order valence-electron chi connectivity index (χ2n) is 4.89. The third-order valence-electron chi connectivity index (χ3n) is 2.72. The van der Waals surface area contributed by atoms with Crippen LogP contribution in [0.25, 0.3) is 0 Å². The lowest BCUT2D eigenvalue weighted by molar-refractivity contribution is 0.534. The van der Waals surface area contributed by atoms with Gasteiger partial charge in [-0.15, -0.1) is 11.3 Å². The van der Waals surface area contributed by atoms with Crippen molar-refractivity contribution in [1.82, 2.24) is 9.97 Å². The van der Waals surface area contributed by atoms with Crippen LogP contribution in [0.15, 0.2) is 29.9 Å². The molecule has 0 amide bonds. The van der Waals surface area contributed by atoms with E-state index in [9.17, 15) is 0 Å². The fourth-order valence-electron chi connectivity index (χ4n) is 1.92. The van der Waals surface area contributed by atoms with Crippen molar-refractivity contribution in [1.29, 1.82) is 0 Å². The lowest BCUT2D eigenvalue weighted by atomic mass is 10.0. The maximum absolute atomic E-state index is 4.28. The van der Waals surface area contributed by atoms with Crippen molar-refractivity contribution in [3.05, 3.63) is 40.5 Å². The van der Waals surface area contributed by atoms with Crippen LogP contribution in [0.5, 0.6) is 0 Å². The number of nitrogens with zero attached hydrogens (tertiary/aromatic N) is 2. The maximum Gasteiger partial charge on any atom is 0.130 e. The normalized spacial score (nSPS) is 12.7. The van der Waals surface area contributed by atoms with E-state index in [4.69, 9.17) is 0 Å². The monoisotopic (exact) mass is 261 g/mol. The Morgan fingerprint density at radius 3 is 2.78 bits per heavy atom. The third kappa shape index (κ3) is 3.53. The van der Waals surface area contributed by atoms with E-state index in [-0.39, 0.29) is 0 Å². The van der Waals surface area contributed by atoms with Gasteiger partial charge in [0.05, 0.1) is 6.04 Å². The first-order chi connectivity index (χ1) is 8.65. The largest absolute Gasteiger partial charge is 0.362 e. The average molecular weight is 261 g/mol. The number of aryl methyl sites for hydroxylation is 1. The molecule has 0 saturated heterocycles. The summed E-state index contributed by atoms with van der Waals surface area (Å²) in [6, 6.07) is 6.60. The predicted octanol–water partition coefficient (Wildman–Crippen LogP) is 4.05. The summed E-state index contributed by atoms with van der Waals surface area (Å²) in [5.41, 5.74) is 0.988. The first kappa shape index (κ1) is 13.0. The Labute approximate surface area is 112 Å². The topological polar surface area (TPSA) is 37.8 Å². The van der Waals surface area contributed by atoms with E-state index in [1.807, 2.05) is 13.0 Å². The van der Waals surface area contributed by atoms with E-state index < -0.39 is 0 Å². The molecule has 96 valence electrons. The summed E-state index contributed by atoms with van der Waals surface area (Å²) < 4.78 is 0. The molecule has 0 radical (unpaired) electrons. The maximum atomic E-state index is 4.28. The van der Waals surface area contributed by atoms with E-state index >= 15 is 0 Å². The molecule has 0 saturated carbocycles. The molecule has 2 aromatic rings. The van der Waals surface area contributed by atoms with Crippen LogP contribution in [-0.4, -0.2) is 9.97 Å². The van der Waals surface area contributed by atoms with Crippen molar-refractivity contribution in [2.24, 2.45) is 5.92 Å². The molecule has 3 nitrogen and oxygen atoms in total. The minimum absolute atomic E-state index is 0.333. The van der Waals surface area contributed by atoms with E-state index in [1.165, 1.54) is 4.88 Å². The molecule has 1 unspecified atom stereocenters. The molecule has 4 heteroatoms. The first-order valence-electron chi connectivity index (χ1n) is 6.23. The van der Waals surface area contributed by atoms with Crippen LogP contribution in [0.1, 0.15) is 36.9 Å². The molecule has 0 spiro atoms. The number of aromatic nitrogens is 2. The van der Waals surface area contributed by atoms with Gasteiger partial charge in [0.15, 0.2) is 0 Å². The van der Waals surface area contributed by atoms with Crippen LogP contribution < -0.4 is 5.32 Å². The van der Waals surface area contributed by atoms with Crippen LogP contribution >= 0.6 is 11.3 Å². The number of nitrogens with one attached hydrogen (secondary N) is 1. The van der Waals surface area contributed by atoms with Gasteiger partial charge in [0.2, 0.25) is 0 Å². The fraction of sp³-hybridized carbons (Fsp3) is 0.429. The molecule has 0 aliphatic rings. The molecule has 0 bridgehead atoms. The SMILES string of the molecule is Cc1cc(NC(CC(C)C)c2cccs2)ncn1. The highest BCUT2D eigenvalue weighted by atomic mass is 32.1. The summed E-state index contributed by atoms with van der Waals surface area (Å²) in [5.74, 6) is 1.55. The Bertz CT molecular complexity index is 480. The van der Waals surface area contributed by atoms with Gasteiger partial charge in [0.25, 0.3) is 0 Å². The van der Waals surface area contributed by atoms with Gasteiger partial charge in [-0.05, 0) is 30.7 Å². The van der Waals surface area contributed by atoms with Crippen molar-refractivity contribution in [2.75, 3.05) is 5.32 Å². The summed E-state index contributed by atoms with van der Waals surface area (Å²) in [6.07, 6.45) is 2.71. The Kier molecular flexibility index (Phi) is 4.31. The Hall–Kier alpha value is -1.42. The van der Waals surface area contributed by atoms with Crippen LogP contribution in [0.3, 0.4) is 0 Å². The van der Waals surface area contributed by atoms with Gasteiger partial charge in [0, 0.05) is 16.6 Å². The van der Waals surface area contributed by atoms with Gasteiger partial charge in [-0.3, -0.25) is 0 Å². The van der Waals surface area contributed by atoms with E-state index in [0.29, 0.717) is 12.0 Å². The van der Waals surface area contributed by atoms with Crippen LogP contribution in [0, 0.1) is 12.8 Å². The minimum Gasteiger partial charge on any atom is -0.362 e. The molecular weight excluding hydrogens is 242 g/mol. The summed E-state index contributed by atoms with van der Waals surface area (Å²) in [6.45, 7) is 6.47. The van der Waals surface area contributed by atoms with Crippen molar-refractivity contribution >= 4 is 17.2 Å². The van der Waals surface area contributed by atoms with Crippen LogP contribution in [-0.2, 0) is 0 Å². The fourth-order valence-corrected chi connectivity index (χ4v) is 2.71. The van der Waals surface area contributed by atoms with E-state index in [1.54, 1.807) is 17.7 Å². The van der Waals surface area contributed by atoms with Gasteiger partial charge in [0.1, 0.15) is 12.1 Å². The van der Waals surface area contributed by atoms with Crippen LogP contribution in [0.2, 0.25) is 0 Å². The number of thiophene rings is 1. The van der Waals surface area contributed by atoms with Gasteiger partial charge < -0.3 is 5.32 Å². The third-order valence-corrected chi connectivity index (χ3v) is 3.71. The lowest BCUT2D eigenvalue weighted by Crippen LogP contribution is -2.13. The molecule has 18 heavy (non-hydrogen) atoms. The molecule has 0 fully saturated rings. The van der Waals surface area contributed by atoms with Gasteiger partial charge in [-0.25, -0.2) is 9.97 Å². The second kappa shape index (κ2) is 5.96. The second-order valence-corrected chi connectivity index (χ2v) is 5.87. The number of anilines is 1. The standard InChI is InChI=1S/C14H19N3S/c1-10(2)7-12(13-5-4-6-18-13)17-14-8-11(3)15-9-16-14/h4-6,8-10,12H,7H2,1-3H3,(H,15,16,17). The molecule has 2 heterocycles. The van der Waals surface area contributed by atoms with Gasteiger partial charge in [-0.1, -0.05) is 19.9 Å². The van der Waals surface area contributed by atoms with E-state index in [0.717, 1.165) is 17.9 Å². The van der Waals surface area contributed by atoms with Gasteiger partial charge >= 0.3 is 0 Å². The number of hydrogen-bond acceptors (Lipinski definition) is 4. The smallest absolute Gasteiger partial charge is 0.130 e. The molecule has 1 N–H and O–H groups in total. The summed E-state index contributed by atoms with van der Waals surface area (Å²) in [4.78, 5) is 9.76. The minimum atomic E-state index is 0.333. The molecule has 0 aliphatic carbocycles. The number of rotatable bonds is 5. The van der Waals surface area contributed by atoms with Crippen molar-refractivity contribution in [3.63, 3.8) is 0 Å². The van der Waals surface area contributed by atoms with Crippen LogP contribution in [0.4, 0.5) is 5.82 Å².